The van der Waals surface area contributed by atoms with Crippen LogP contribution in [0.1, 0.15) is 0 Å². The molecule has 0 saturated heterocycles. The van der Waals surface area contributed by atoms with Crippen LogP contribution < -0.4 is 0 Å². The zero-order valence-electron chi connectivity index (χ0n) is 32.7. The van der Waals surface area contributed by atoms with Crippen LogP contribution in [0.15, 0.2) is 205 Å². The largest absolute Gasteiger partial charge is 0.456 e. The molecule has 0 spiro atoms. The predicted octanol–water partition coefficient (Wildman–Crippen LogP) is 14.1. The van der Waals surface area contributed by atoms with Crippen molar-refractivity contribution in [2.45, 2.75) is 0 Å². The Labute approximate surface area is 349 Å². The molecule has 0 aliphatic rings. The molecule has 6 heteroatoms. The van der Waals surface area contributed by atoms with Gasteiger partial charge in [0, 0.05) is 49.1 Å². The summed E-state index contributed by atoms with van der Waals surface area (Å²) >= 11 is 0. The van der Waals surface area contributed by atoms with Gasteiger partial charge in [0.05, 0.1) is 22.1 Å². The molecule has 61 heavy (non-hydrogen) atoms. The molecule has 0 radical (unpaired) electrons. The second-order valence-electron chi connectivity index (χ2n) is 15.6. The van der Waals surface area contributed by atoms with E-state index in [1.165, 1.54) is 21.9 Å². The van der Waals surface area contributed by atoms with Crippen molar-refractivity contribution < 1.29 is 4.42 Å². The second-order valence-corrected chi connectivity index (χ2v) is 15.6. The van der Waals surface area contributed by atoms with Crippen LogP contribution in [-0.4, -0.2) is 24.1 Å². The van der Waals surface area contributed by atoms with Gasteiger partial charge in [-0.3, -0.25) is 4.57 Å². The van der Waals surface area contributed by atoms with E-state index < -0.39 is 0 Å². The standard InChI is InChI=1S/C55H33N5O/c1-3-13-34(14-4-1)36-23-28-43-41-17-7-10-20-46(41)59(49(43)32-36)39-26-29-48-45(33-39)42-18-8-11-21-47(42)60(48)55-57-53(35-15-5-2-6-16-35)56-54(58-55)38-24-27-40-37(31-38)25-30-51-52(40)44-19-9-12-22-50(44)61-51/h1-33H. The Morgan fingerprint density at radius 2 is 0.934 bits per heavy atom. The van der Waals surface area contributed by atoms with Gasteiger partial charge in [0.25, 0.3) is 0 Å². The van der Waals surface area contributed by atoms with Crippen molar-refractivity contribution in [3.63, 3.8) is 0 Å². The minimum atomic E-state index is 0.559. The number of benzene rings is 9. The van der Waals surface area contributed by atoms with Crippen LogP contribution in [0.4, 0.5) is 0 Å². The molecule has 0 aliphatic carbocycles. The lowest BCUT2D eigenvalue weighted by atomic mass is 10.0. The van der Waals surface area contributed by atoms with Crippen molar-refractivity contribution >= 4 is 76.3 Å². The third-order valence-corrected chi connectivity index (χ3v) is 12.2. The molecule has 0 saturated carbocycles. The number of furan rings is 1. The minimum Gasteiger partial charge on any atom is -0.456 e. The molecule has 284 valence electrons. The fourth-order valence-corrected chi connectivity index (χ4v) is 9.38. The Balaban J connectivity index is 1.02. The van der Waals surface area contributed by atoms with Crippen LogP contribution in [-0.2, 0) is 0 Å². The lowest BCUT2D eigenvalue weighted by Crippen LogP contribution is -2.06. The smallest absolute Gasteiger partial charge is 0.238 e. The molecule has 0 N–H and O–H groups in total. The maximum absolute atomic E-state index is 6.22. The second kappa shape index (κ2) is 13.1. The molecule has 0 fully saturated rings. The van der Waals surface area contributed by atoms with Gasteiger partial charge in [-0.15, -0.1) is 0 Å². The molecule has 0 bridgehead atoms. The van der Waals surface area contributed by atoms with Crippen molar-refractivity contribution in [1.82, 2.24) is 24.1 Å². The molecule has 9 aromatic carbocycles. The van der Waals surface area contributed by atoms with Crippen LogP contribution in [0.25, 0.3) is 122 Å². The van der Waals surface area contributed by atoms with Crippen molar-refractivity contribution in [2.75, 3.05) is 0 Å². The highest BCUT2D eigenvalue weighted by atomic mass is 16.3. The van der Waals surface area contributed by atoms with Crippen LogP contribution in [0, 0.1) is 0 Å². The lowest BCUT2D eigenvalue weighted by Gasteiger charge is -2.12. The summed E-state index contributed by atoms with van der Waals surface area (Å²) in [6.07, 6.45) is 0. The van der Waals surface area contributed by atoms with E-state index in [-0.39, 0.29) is 0 Å². The van der Waals surface area contributed by atoms with Crippen molar-refractivity contribution in [3.8, 4) is 45.5 Å². The van der Waals surface area contributed by atoms with E-state index in [0.29, 0.717) is 17.6 Å². The summed E-state index contributed by atoms with van der Waals surface area (Å²) in [5.41, 5.74) is 11.4. The van der Waals surface area contributed by atoms with Crippen molar-refractivity contribution in [1.29, 1.82) is 0 Å². The highest BCUT2D eigenvalue weighted by molar-refractivity contribution is 6.19. The summed E-state index contributed by atoms with van der Waals surface area (Å²) in [6.45, 7) is 0. The van der Waals surface area contributed by atoms with E-state index in [9.17, 15) is 0 Å². The van der Waals surface area contributed by atoms with E-state index >= 15 is 0 Å². The van der Waals surface area contributed by atoms with Gasteiger partial charge in [-0.2, -0.15) is 9.97 Å². The Bertz CT molecular complexity index is 3880. The molecule has 0 amide bonds. The molecule has 0 atom stereocenters. The first-order chi connectivity index (χ1) is 30.2. The molecular formula is C55H33N5O. The topological polar surface area (TPSA) is 61.7 Å². The summed E-state index contributed by atoms with van der Waals surface area (Å²) < 4.78 is 10.8. The number of hydrogen-bond donors (Lipinski definition) is 0. The SMILES string of the molecule is c1ccc(-c2ccc3c4ccccc4n(-c4ccc5c(c4)c4ccccc4n5-c4nc(-c5ccccc5)nc(-c5ccc6c(ccc7oc8ccccc8c76)c5)n4)c3c2)cc1. The van der Waals surface area contributed by atoms with E-state index in [1.54, 1.807) is 0 Å². The molecule has 0 aliphatic heterocycles. The maximum atomic E-state index is 6.22. The minimum absolute atomic E-state index is 0.559. The lowest BCUT2D eigenvalue weighted by molar-refractivity contribution is 0.669. The number of para-hydroxylation sites is 3. The molecule has 0 unspecified atom stereocenters. The van der Waals surface area contributed by atoms with E-state index in [1.807, 2.05) is 30.3 Å². The summed E-state index contributed by atoms with van der Waals surface area (Å²) in [4.78, 5) is 15.6. The number of fused-ring (bicyclic) bond motifs is 11. The summed E-state index contributed by atoms with van der Waals surface area (Å²) in [5, 5.41) is 9.12. The van der Waals surface area contributed by atoms with E-state index in [2.05, 4.69) is 179 Å². The monoisotopic (exact) mass is 779 g/mol. The van der Waals surface area contributed by atoms with Crippen LogP contribution in [0.3, 0.4) is 0 Å². The van der Waals surface area contributed by atoms with Crippen LogP contribution >= 0.6 is 0 Å². The molecular weight excluding hydrogens is 747 g/mol. The highest BCUT2D eigenvalue weighted by Crippen LogP contribution is 2.39. The first-order valence-corrected chi connectivity index (χ1v) is 20.5. The summed E-state index contributed by atoms with van der Waals surface area (Å²) in [6, 6.07) is 70.4. The zero-order chi connectivity index (χ0) is 40.0. The average Bonchev–Trinajstić information content (AvgIpc) is 3.99. The first-order valence-electron chi connectivity index (χ1n) is 20.5. The fraction of sp³-hybridized carbons (Fsp3) is 0. The highest BCUT2D eigenvalue weighted by Gasteiger charge is 2.21. The number of hydrogen-bond acceptors (Lipinski definition) is 4. The van der Waals surface area contributed by atoms with Crippen molar-refractivity contribution in [2.24, 2.45) is 0 Å². The molecule has 13 rings (SSSR count). The number of rotatable bonds is 5. The van der Waals surface area contributed by atoms with Gasteiger partial charge in [-0.25, -0.2) is 4.98 Å². The van der Waals surface area contributed by atoms with E-state index in [4.69, 9.17) is 19.4 Å². The summed E-state index contributed by atoms with van der Waals surface area (Å²) in [7, 11) is 0. The Morgan fingerprint density at radius 1 is 0.328 bits per heavy atom. The van der Waals surface area contributed by atoms with Gasteiger partial charge in [-0.1, -0.05) is 146 Å². The first kappa shape index (κ1) is 33.6. The Morgan fingerprint density at radius 3 is 1.74 bits per heavy atom. The Kier molecular flexibility index (Phi) is 7.21. The van der Waals surface area contributed by atoms with Gasteiger partial charge in [0.2, 0.25) is 5.95 Å². The van der Waals surface area contributed by atoms with Crippen LogP contribution in [0.5, 0.6) is 0 Å². The van der Waals surface area contributed by atoms with Gasteiger partial charge in [0.1, 0.15) is 11.2 Å². The van der Waals surface area contributed by atoms with Gasteiger partial charge in [0.15, 0.2) is 11.6 Å². The predicted molar refractivity (Wildman–Crippen MR) is 250 cm³/mol. The third-order valence-electron chi connectivity index (χ3n) is 12.2. The van der Waals surface area contributed by atoms with Gasteiger partial charge >= 0.3 is 0 Å². The third kappa shape index (κ3) is 5.19. The maximum Gasteiger partial charge on any atom is 0.238 e. The van der Waals surface area contributed by atoms with Crippen LogP contribution in [0.2, 0.25) is 0 Å². The van der Waals surface area contributed by atoms with E-state index in [0.717, 1.165) is 82.4 Å². The normalized spacial score (nSPS) is 11.9. The molecule has 6 nitrogen and oxygen atoms in total. The summed E-state index contributed by atoms with van der Waals surface area (Å²) in [5.74, 6) is 1.77. The van der Waals surface area contributed by atoms with Gasteiger partial charge < -0.3 is 8.98 Å². The zero-order valence-corrected chi connectivity index (χ0v) is 32.7. The number of nitrogens with zero attached hydrogens (tertiary/aromatic N) is 5. The quantitative estimate of drug-likeness (QED) is 0.175. The average molecular weight is 780 g/mol. The van der Waals surface area contributed by atoms with Gasteiger partial charge in [-0.05, 0) is 76.5 Å². The Hall–Kier alpha value is -8.35. The molecule has 13 aromatic rings. The molecule has 4 aromatic heterocycles. The van der Waals surface area contributed by atoms with Crippen molar-refractivity contribution in [3.05, 3.63) is 200 Å². The number of aromatic nitrogens is 5. The fourth-order valence-electron chi connectivity index (χ4n) is 9.38. The molecule has 4 heterocycles.